The lowest BCUT2D eigenvalue weighted by atomic mass is 9.84. The van der Waals surface area contributed by atoms with Crippen molar-refractivity contribution in [2.75, 3.05) is 0 Å². The highest BCUT2D eigenvalue weighted by Gasteiger charge is 2.32. The van der Waals surface area contributed by atoms with E-state index in [0.29, 0.717) is 0 Å². The molecule has 0 radical (unpaired) electrons. The molecule has 0 N–H and O–H groups in total. The first-order chi connectivity index (χ1) is 9.65. The quantitative estimate of drug-likeness (QED) is 0.544. The Bertz CT molecular complexity index is 815. The SMILES string of the molecule is CC1(C)Oc2ccccc2-c2cc3ccccc3cc21. The molecular formula is C19H16O. The monoisotopic (exact) mass is 260 g/mol. The zero-order chi connectivity index (χ0) is 13.7. The van der Waals surface area contributed by atoms with Gasteiger partial charge in [-0.15, -0.1) is 0 Å². The van der Waals surface area contributed by atoms with Crippen LogP contribution >= 0.6 is 0 Å². The van der Waals surface area contributed by atoms with Gasteiger partial charge in [-0.05, 0) is 48.4 Å². The molecule has 0 aliphatic carbocycles. The van der Waals surface area contributed by atoms with Crippen LogP contribution in [-0.4, -0.2) is 0 Å². The van der Waals surface area contributed by atoms with E-state index in [0.717, 1.165) is 5.75 Å². The Labute approximate surface area is 118 Å². The maximum absolute atomic E-state index is 6.19. The van der Waals surface area contributed by atoms with Gasteiger partial charge < -0.3 is 4.74 Å². The summed E-state index contributed by atoms with van der Waals surface area (Å²) in [5.41, 5.74) is 3.44. The van der Waals surface area contributed by atoms with Gasteiger partial charge in [0.05, 0.1) is 0 Å². The van der Waals surface area contributed by atoms with Crippen LogP contribution in [-0.2, 0) is 5.60 Å². The lowest BCUT2D eigenvalue weighted by Gasteiger charge is -2.35. The second-order valence-corrected chi connectivity index (χ2v) is 5.85. The van der Waals surface area contributed by atoms with Crippen LogP contribution in [0.1, 0.15) is 19.4 Å². The average Bonchev–Trinajstić information content (AvgIpc) is 2.45. The highest BCUT2D eigenvalue weighted by atomic mass is 16.5. The summed E-state index contributed by atoms with van der Waals surface area (Å²) in [6.45, 7) is 4.27. The summed E-state index contributed by atoms with van der Waals surface area (Å²) in [7, 11) is 0. The van der Waals surface area contributed by atoms with E-state index >= 15 is 0 Å². The Balaban J connectivity index is 2.11. The minimum absolute atomic E-state index is 0.298. The molecule has 1 aliphatic heterocycles. The summed E-state index contributed by atoms with van der Waals surface area (Å²) in [5.74, 6) is 0.972. The Kier molecular flexibility index (Phi) is 2.23. The van der Waals surface area contributed by atoms with Crippen molar-refractivity contribution in [3.63, 3.8) is 0 Å². The molecule has 0 aromatic heterocycles. The van der Waals surface area contributed by atoms with Crippen LogP contribution in [0.2, 0.25) is 0 Å². The van der Waals surface area contributed by atoms with Crippen molar-refractivity contribution in [3.05, 3.63) is 66.2 Å². The van der Waals surface area contributed by atoms with Crippen LogP contribution in [0, 0.1) is 0 Å². The topological polar surface area (TPSA) is 9.23 Å². The fourth-order valence-corrected chi connectivity index (χ4v) is 3.07. The molecule has 0 spiro atoms. The van der Waals surface area contributed by atoms with E-state index in [1.807, 2.05) is 6.07 Å². The normalized spacial score (nSPS) is 15.3. The summed E-state index contributed by atoms with van der Waals surface area (Å²) in [5, 5.41) is 2.54. The molecule has 3 aromatic rings. The number of hydrogen-bond donors (Lipinski definition) is 0. The second kappa shape index (κ2) is 3.86. The lowest BCUT2D eigenvalue weighted by Crippen LogP contribution is -2.29. The van der Waals surface area contributed by atoms with Gasteiger partial charge >= 0.3 is 0 Å². The first kappa shape index (κ1) is 11.5. The molecule has 0 amide bonds. The van der Waals surface area contributed by atoms with Gasteiger partial charge in [-0.1, -0.05) is 42.5 Å². The zero-order valence-corrected chi connectivity index (χ0v) is 11.7. The maximum Gasteiger partial charge on any atom is 0.129 e. The van der Waals surface area contributed by atoms with E-state index in [2.05, 4.69) is 68.4 Å². The molecule has 1 aliphatic rings. The fraction of sp³-hybridized carbons (Fsp3) is 0.158. The van der Waals surface area contributed by atoms with Crippen LogP contribution in [0.3, 0.4) is 0 Å². The van der Waals surface area contributed by atoms with Crippen molar-refractivity contribution < 1.29 is 4.74 Å². The largest absolute Gasteiger partial charge is 0.482 e. The third-order valence-electron chi connectivity index (χ3n) is 4.08. The Morgan fingerprint density at radius 3 is 2.20 bits per heavy atom. The van der Waals surface area contributed by atoms with Crippen molar-refractivity contribution in [1.82, 2.24) is 0 Å². The Hall–Kier alpha value is -2.28. The molecule has 98 valence electrons. The van der Waals surface area contributed by atoms with Gasteiger partial charge in [0.2, 0.25) is 0 Å². The van der Waals surface area contributed by atoms with Gasteiger partial charge in [0.15, 0.2) is 0 Å². The molecular weight excluding hydrogens is 244 g/mol. The van der Waals surface area contributed by atoms with Crippen molar-refractivity contribution in [2.45, 2.75) is 19.4 Å². The summed E-state index contributed by atoms with van der Waals surface area (Å²) in [6.07, 6.45) is 0. The van der Waals surface area contributed by atoms with Crippen molar-refractivity contribution in [2.24, 2.45) is 0 Å². The number of para-hydroxylation sites is 1. The number of hydrogen-bond acceptors (Lipinski definition) is 1. The van der Waals surface area contributed by atoms with Crippen LogP contribution in [0.15, 0.2) is 60.7 Å². The van der Waals surface area contributed by atoms with Crippen LogP contribution in [0.4, 0.5) is 0 Å². The molecule has 0 saturated heterocycles. The van der Waals surface area contributed by atoms with Gasteiger partial charge in [-0.3, -0.25) is 0 Å². The lowest BCUT2D eigenvalue weighted by molar-refractivity contribution is 0.106. The molecule has 0 saturated carbocycles. The van der Waals surface area contributed by atoms with Crippen LogP contribution < -0.4 is 4.74 Å². The van der Waals surface area contributed by atoms with Crippen molar-refractivity contribution in [3.8, 4) is 16.9 Å². The molecule has 1 heteroatoms. The van der Waals surface area contributed by atoms with E-state index in [4.69, 9.17) is 4.74 Å². The predicted molar refractivity (Wildman–Crippen MR) is 83.0 cm³/mol. The predicted octanol–water partition coefficient (Wildman–Crippen LogP) is 5.13. The smallest absolute Gasteiger partial charge is 0.129 e. The maximum atomic E-state index is 6.19. The molecule has 0 fully saturated rings. The van der Waals surface area contributed by atoms with Crippen molar-refractivity contribution >= 4 is 10.8 Å². The third-order valence-corrected chi connectivity index (χ3v) is 4.08. The average molecular weight is 260 g/mol. The second-order valence-electron chi connectivity index (χ2n) is 5.85. The van der Waals surface area contributed by atoms with Gasteiger partial charge in [0, 0.05) is 11.1 Å². The van der Waals surface area contributed by atoms with Gasteiger partial charge in [0.1, 0.15) is 11.4 Å². The number of benzene rings is 3. The molecule has 4 rings (SSSR count). The van der Waals surface area contributed by atoms with E-state index < -0.39 is 0 Å². The summed E-state index contributed by atoms with van der Waals surface area (Å²) in [6, 6.07) is 21.3. The zero-order valence-electron chi connectivity index (χ0n) is 11.7. The Morgan fingerprint density at radius 1 is 0.750 bits per heavy atom. The first-order valence-corrected chi connectivity index (χ1v) is 6.97. The van der Waals surface area contributed by atoms with Gasteiger partial charge in [-0.2, -0.15) is 0 Å². The highest BCUT2D eigenvalue weighted by Crippen LogP contribution is 2.46. The molecule has 3 aromatic carbocycles. The molecule has 20 heavy (non-hydrogen) atoms. The molecule has 0 bridgehead atoms. The molecule has 0 unspecified atom stereocenters. The molecule has 1 nitrogen and oxygen atoms in total. The first-order valence-electron chi connectivity index (χ1n) is 6.97. The molecule has 0 atom stereocenters. The highest BCUT2D eigenvalue weighted by molar-refractivity contribution is 5.91. The van der Waals surface area contributed by atoms with E-state index in [1.54, 1.807) is 0 Å². The van der Waals surface area contributed by atoms with E-state index in [9.17, 15) is 0 Å². The number of fused-ring (bicyclic) bond motifs is 4. The summed E-state index contributed by atoms with van der Waals surface area (Å²) >= 11 is 0. The third kappa shape index (κ3) is 1.56. The van der Waals surface area contributed by atoms with Gasteiger partial charge in [0.25, 0.3) is 0 Å². The number of ether oxygens (including phenoxy) is 1. The minimum atomic E-state index is -0.298. The van der Waals surface area contributed by atoms with E-state index in [1.165, 1.54) is 27.5 Å². The summed E-state index contributed by atoms with van der Waals surface area (Å²) < 4.78 is 6.19. The fourth-order valence-electron chi connectivity index (χ4n) is 3.07. The van der Waals surface area contributed by atoms with Crippen LogP contribution in [0.5, 0.6) is 5.75 Å². The summed E-state index contributed by atoms with van der Waals surface area (Å²) in [4.78, 5) is 0. The standard InChI is InChI=1S/C19H16O/c1-19(2)17-12-14-8-4-3-7-13(14)11-16(17)15-9-5-6-10-18(15)20-19/h3-12H,1-2H3. The van der Waals surface area contributed by atoms with Crippen molar-refractivity contribution in [1.29, 1.82) is 0 Å². The van der Waals surface area contributed by atoms with Gasteiger partial charge in [-0.25, -0.2) is 0 Å². The molecule has 1 heterocycles. The van der Waals surface area contributed by atoms with Crippen LogP contribution in [0.25, 0.3) is 21.9 Å². The number of rotatable bonds is 0. The minimum Gasteiger partial charge on any atom is -0.482 e. The Morgan fingerprint density at radius 2 is 1.40 bits per heavy atom. The van der Waals surface area contributed by atoms with E-state index in [-0.39, 0.29) is 5.60 Å².